The van der Waals surface area contributed by atoms with Crippen LogP contribution in [0.2, 0.25) is 0 Å². The monoisotopic (exact) mass is 228 g/mol. The molecule has 0 saturated heterocycles. The fourth-order valence-corrected chi connectivity index (χ4v) is 2.27. The second-order valence-electron chi connectivity index (χ2n) is 4.65. The smallest absolute Gasteiger partial charge is 0.108 e. The summed E-state index contributed by atoms with van der Waals surface area (Å²) in [7, 11) is 0. The second-order valence-corrected chi connectivity index (χ2v) is 4.65. The molecule has 0 aliphatic heterocycles. The van der Waals surface area contributed by atoms with Gasteiger partial charge in [-0.3, -0.25) is 0 Å². The molecule has 0 fully saturated rings. The molecule has 0 amide bonds. The first-order valence-electron chi connectivity index (χ1n) is 6.31. The topological polar surface area (TPSA) is 17.8 Å². The average Bonchev–Trinajstić information content (AvgIpc) is 2.73. The Morgan fingerprint density at radius 2 is 1.88 bits per heavy atom. The van der Waals surface area contributed by atoms with E-state index in [0.717, 1.165) is 12.8 Å². The Morgan fingerprint density at radius 3 is 2.47 bits per heavy atom. The molecule has 0 unspecified atom stereocenters. The van der Waals surface area contributed by atoms with E-state index in [1.54, 1.807) is 0 Å². The number of rotatable bonds is 4. The Bertz CT molecular complexity index is 469. The maximum absolute atomic E-state index is 4.52. The number of nitrogens with zero attached hydrogens (tertiary/aromatic N) is 2. The van der Waals surface area contributed by atoms with Gasteiger partial charge >= 0.3 is 0 Å². The lowest BCUT2D eigenvalue weighted by molar-refractivity contribution is 0.553. The predicted molar refractivity (Wildman–Crippen MR) is 71.2 cm³/mol. The molecule has 1 aromatic heterocycles. The first-order chi connectivity index (χ1) is 8.22. The minimum atomic E-state index is 0.478. The van der Waals surface area contributed by atoms with E-state index in [0.29, 0.717) is 6.04 Å². The Balaban J connectivity index is 2.30. The minimum Gasteiger partial charge on any atom is -0.329 e. The van der Waals surface area contributed by atoms with E-state index in [1.807, 2.05) is 6.20 Å². The molecule has 1 aromatic carbocycles. The number of imidazole rings is 1. The summed E-state index contributed by atoms with van der Waals surface area (Å²) in [6.45, 7) is 6.60. The average molecular weight is 228 g/mol. The van der Waals surface area contributed by atoms with E-state index in [4.69, 9.17) is 0 Å². The van der Waals surface area contributed by atoms with E-state index < -0.39 is 0 Å². The zero-order valence-corrected chi connectivity index (χ0v) is 10.9. The largest absolute Gasteiger partial charge is 0.329 e. The molecule has 0 aliphatic rings. The summed E-state index contributed by atoms with van der Waals surface area (Å²) in [6, 6.07) is 11.1. The van der Waals surface area contributed by atoms with Gasteiger partial charge in [0.2, 0.25) is 0 Å². The Labute approximate surface area is 103 Å². The van der Waals surface area contributed by atoms with Crippen molar-refractivity contribution in [3.8, 4) is 0 Å². The maximum atomic E-state index is 4.52. The van der Waals surface area contributed by atoms with Crippen molar-refractivity contribution in [1.29, 1.82) is 0 Å². The van der Waals surface area contributed by atoms with Gasteiger partial charge in [-0.2, -0.15) is 0 Å². The quantitative estimate of drug-likeness (QED) is 0.781. The van der Waals surface area contributed by atoms with Gasteiger partial charge in [0.15, 0.2) is 0 Å². The van der Waals surface area contributed by atoms with Crippen LogP contribution in [0.5, 0.6) is 0 Å². The van der Waals surface area contributed by atoms with Crippen LogP contribution in [0.15, 0.2) is 36.5 Å². The summed E-state index contributed by atoms with van der Waals surface area (Å²) in [6.07, 6.45) is 3.98. The molecule has 17 heavy (non-hydrogen) atoms. The first-order valence-corrected chi connectivity index (χ1v) is 6.31. The molecule has 2 nitrogen and oxygen atoms in total. The molecule has 0 N–H and O–H groups in total. The lowest BCUT2D eigenvalue weighted by atomic mass is 10.1. The van der Waals surface area contributed by atoms with Gasteiger partial charge in [0.25, 0.3) is 0 Å². The Kier molecular flexibility index (Phi) is 3.62. The van der Waals surface area contributed by atoms with Crippen molar-refractivity contribution in [3.63, 3.8) is 0 Å². The van der Waals surface area contributed by atoms with Crippen molar-refractivity contribution < 1.29 is 0 Å². The summed E-state index contributed by atoms with van der Waals surface area (Å²) in [5.74, 6) is 1.19. The van der Waals surface area contributed by atoms with Crippen molar-refractivity contribution in [1.82, 2.24) is 9.55 Å². The molecule has 0 spiro atoms. The van der Waals surface area contributed by atoms with E-state index in [9.17, 15) is 0 Å². The predicted octanol–water partition coefficient (Wildman–Crippen LogP) is 3.62. The first kappa shape index (κ1) is 11.9. The van der Waals surface area contributed by atoms with Crippen molar-refractivity contribution in [3.05, 3.63) is 53.6 Å². The van der Waals surface area contributed by atoms with Crippen LogP contribution < -0.4 is 0 Å². The van der Waals surface area contributed by atoms with Crippen LogP contribution >= 0.6 is 0 Å². The van der Waals surface area contributed by atoms with Crippen LogP contribution in [0, 0.1) is 0 Å². The zero-order chi connectivity index (χ0) is 12.3. The van der Waals surface area contributed by atoms with Crippen molar-refractivity contribution >= 4 is 0 Å². The summed E-state index contributed by atoms with van der Waals surface area (Å²) >= 11 is 0. The van der Waals surface area contributed by atoms with Crippen molar-refractivity contribution in [2.75, 3.05) is 0 Å². The third kappa shape index (κ3) is 2.57. The van der Waals surface area contributed by atoms with Gasteiger partial charge in [-0.25, -0.2) is 4.98 Å². The molecule has 0 atom stereocenters. The van der Waals surface area contributed by atoms with E-state index in [2.05, 4.69) is 60.7 Å². The lowest BCUT2D eigenvalue weighted by Gasteiger charge is -2.15. The van der Waals surface area contributed by atoms with Crippen molar-refractivity contribution in [2.24, 2.45) is 0 Å². The third-order valence-corrected chi connectivity index (χ3v) is 3.01. The van der Waals surface area contributed by atoms with E-state index >= 15 is 0 Å². The van der Waals surface area contributed by atoms with Crippen LogP contribution in [0.1, 0.15) is 43.9 Å². The number of aryl methyl sites for hydroxylation is 1. The summed E-state index contributed by atoms with van der Waals surface area (Å²) < 4.78 is 2.35. The molecular weight excluding hydrogens is 208 g/mol. The third-order valence-electron chi connectivity index (χ3n) is 3.01. The van der Waals surface area contributed by atoms with Gasteiger partial charge in [0.1, 0.15) is 5.82 Å². The molecular formula is C15H20N2. The fourth-order valence-electron chi connectivity index (χ4n) is 2.27. The van der Waals surface area contributed by atoms with Gasteiger partial charge in [-0.15, -0.1) is 0 Å². The van der Waals surface area contributed by atoms with Crippen LogP contribution in [0.3, 0.4) is 0 Å². The van der Waals surface area contributed by atoms with E-state index in [1.165, 1.54) is 17.1 Å². The van der Waals surface area contributed by atoms with Crippen LogP contribution in [-0.2, 0) is 12.8 Å². The van der Waals surface area contributed by atoms with Crippen LogP contribution in [0.25, 0.3) is 0 Å². The summed E-state index contributed by atoms with van der Waals surface area (Å²) in [5, 5.41) is 0. The molecule has 2 heteroatoms. The molecule has 2 aromatic rings. The van der Waals surface area contributed by atoms with Gasteiger partial charge in [-0.05, 0) is 19.4 Å². The molecule has 0 aliphatic carbocycles. The highest BCUT2D eigenvalue weighted by Gasteiger charge is 2.11. The van der Waals surface area contributed by atoms with Gasteiger partial charge in [0, 0.05) is 30.8 Å². The minimum absolute atomic E-state index is 0.478. The lowest BCUT2D eigenvalue weighted by Crippen LogP contribution is -2.09. The van der Waals surface area contributed by atoms with Crippen LogP contribution in [-0.4, -0.2) is 9.55 Å². The number of hydrogen-bond donors (Lipinski definition) is 0. The highest BCUT2D eigenvalue weighted by molar-refractivity contribution is 5.22. The Morgan fingerprint density at radius 1 is 1.18 bits per heavy atom. The summed E-state index contributed by atoms with van der Waals surface area (Å²) in [5.41, 5.74) is 2.65. The number of hydrogen-bond acceptors (Lipinski definition) is 1. The molecule has 0 radical (unpaired) electrons. The molecule has 2 rings (SSSR count). The Hall–Kier alpha value is -1.57. The molecule has 0 saturated carbocycles. The maximum Gasteiger partial charge on any atom is 0.108 e. The normalized spacial score (nSPS) is 11.1. The van der Waals surface area contributed by atoms with Gasteiger partial charge in [-0.1, -0.05) is 37.3 Å². The molecule has 1 heterocycles. The van der Waals surface area contributed by atoms with Crippen LogP contribution in [0.4, 0.5) is 0 Å². The number of benzene rings is 1. The van der Waals surface area contributed by atoms with Gasteiger partial charge in [0.05, 0.1) is 0 Å². The second kappa shape index (κ2) is 5.17. The number of aromatic nitrogens is 2. The van der Waals surface area contributed by atoms with E-state index in [-0.39, 0.29) is 0 Å². The highest BCUT2D eigenvalue weighted by Crippen LogP contribution is 2.17. The molecule has 90 valence electrons. The van der Waals surface area contributed by atoms with Gasteiger partial charge < -0.3 is 4.57 Å². The zero-order valence-electron chi connectivity index (χ0n) is 10.9. The fraction of sp³-hybridized carbons (Fsp3) is 0.400. The standard InChI is InChI=1S/C15H20N2/c1-4-15-16-11-14(17(15)12(2)3)10-13-8-6-5-7-9-13/h5-9,11-12H,4,10H2,1-3H3. The highest BCUT2D eigenvalue weighted by atomic mass is 15.1. The summed E-state index contributed by atoms with van der Waals surface area (Å²) in [4.78, 5) is 4.52. The SMILES string of the molecule is CCc1ncc(Cc2ccccc2)n1C(C)C. The molecule has 0 bridgehead atoms. The van der Waals surface area contributed by atoms with Crippen molar-refractivity contribution in [2.45, 2.75) is 39.7 Å².